The van der Waals surface area contributed by atoms with Crippen LogP contribution in [0.5, 0.6) is 0 Å². The molecule has 0 amide bonds. The van der Waals surface area contributed by atoms with E-state index in [9.17, 15) is 0 Å². The Balaban J connectivity index is 1.84. The van der Waals surface area contributed by atoms with Crippen LogP contribution in [0.3, 0.4) is 0 Å². The molecule has 0 spiro atoms. The summed E-state index contributed by atoms with van der Waals surface area (Å²) in [6.45, 7) is 2.34. The molecule has 1 fully saturated rings. The van der Waals surface area contributed by atoms with Gasteiger partial charge in [-0.25, -0.2) is 0 Å². The van der Waals surface area contributed by atoms with Gasteiger partial charge in [0.15, 0.2) is 6.33 Å². The molecule has 0 radical (unpaired) electrons. The zero-order valence-electron chi connectivity index (χ0n) is 8.95. The van der Waals surface area contributed by atoms with Gasteiger partial charge in [0, 0.05) is 18.8 Å². The number of rotatable bonds is 2. The molecule has 0 saturated carbocycles. The van der Waals surface area contributed by atoms with Crippen molar-refractivity contribution in [1.29, 1.82) is 0 Å². The Morgan fingerprint density at radius 3 is 2.25 bits per heavy atom. The lowest BCUT2D eigenvalue weighted by molar-refractivity contribution is 0.719. The number of benzene rings is 1. The zero-order chi connectivity index (χ0) is 10.8. The van der Waals surface area contributed by atoms with Crippen molar-refractivity contribution in [2.75, 3.05) is 18.0 Å². The van der Waals surface area contributed by atoms with E-state index >= 15 is 0 Å². The first-order valence-electron chi connectivity index (χ1n) is 5.52. The Morgan fingerprint density at radius 2 is 1.62 bits per heavy atom. The molecule has 5 heteroatoms. The summed E-state index contributed by atoms with van der Waals surface area (Å²) in [6.07, 6.45) is 4.03. The molecule has 2 heterocycles. The number of tetrazole rings is 1. The number of hydrogen-bond acceptors (Lipinski definition) is 4. The molecular weight excluding hydrogens is 202 g/mol. The smallest absolute Gasteiger partial charge is 0.162 e. The van der Waals surface area contributed by atoms with E-state index in [1.165, 1.54) is 42.7 Å². The van der Waals surface area contributed by atoms with E-state index in [1.807, 2.05) is 12.1 Å². The molecule has 1 saturated heterocycles. The van der Waals surface area contributed by atoms with E-state index < -0.39 is 0 Å². The summed E-state index contributed by atoms with van der Waals surface area (Å²) in [5, 5.41) is 11.5. The van der Waals surface area contributed by atoms with Gasteiger partial charge in [-0.15, -0.1) is 15.0 Å². The van der Waals surface area contributed by atoms with Gasteiger partial charge in [0.05, 0.1) is 5.69 Å². The molecule has 1 aliphatic heterocycles. The second-order valence-corrected chi connectivity index (χ2v) is 3.94. The molecule has 0 N–H and O–H groups in total. The van der Waals surface area contributed by atoms with Crippen molar-refractivity contribution >= 4 is 5.69 Å². The highest BCUT2D eigenvalue weighted by Crippen LogP contribution is 2.20. The molecule has 16 heavy (non-hydrogen) atoms. The van der Waals surface area contributed by atoms with Crippen LogP contribution < -0.4 is 4.90 Å². The van der Waals surface area contributed by atoms with Crippen molar-refractivity contribution in [2.24, 2.45) is 0 Å². The summed E-state index contributed by atoms with van der Waals surface area (Å²) >= 11 is 0. The summed E-state index contributed by atoms with van der Waals surface area (Å²) in [4.78, 5) is 3.92. The fourth-order valence-electron chi connectivity index (χ4n) is 2.06. The van der Waals surface area contributed by atoms with Gasteiger partial charge in [-0.2, -0.15) is 0 Å². The Hall–Kier alpha value is -1.91. The number of hydrogen-bond donors (Lipinski definition) is 0. The maximum Gasteiger partial charge on any atom is 0.162 e. The van der Waals surface area contributed by atoms with E-state index in [1.54, 1.807) is 0 Å². The topological polar surface area (TPSA) is 46.8 Å². The third kappa shape index (κ3) is 1.64. The Morgan fingerprint density at radius 1 is 0.938 bits per heavy atom. The minimum Gasteiger partial charge on any atom is -0.372 e. The average molecular weight is 215 g/mol. The highest BCUT2D eigenvalue weighted by atomic mass is 15.6. The first kappa shape index (κ1) is 9.33. The summed E-state index contributed by atoms with van der Waals surface area (Å²) in [5.74, 6) is 0. The van der Waals surface area contributed by atoms with Gasteiger partial charge in [-0.3, -0.25) is 0 Å². The summed E-state index contributed by atoms with van der Waals surface area (Å²) in [6, 6.07) is 8.28. The number of nitrogens with zero attached hydrogens (tertiary/aromatic N) is 5. The van der Waals surface area contributed by atoms with Gasteiger partial charge in [-0.1, -0.05) is 0 Å². The lowest BCUT2D eigenvalue weighted by Gasteiger charge is -2.17. The highest BCUT2D eigenvalue weighted by molar-refractivity contribution is 5.50. The van der Waals surface area contributed by atoms with Crippen molar-refractivity contribution in [3.05, 3.63) is 30.6 Å². The summed E-state index contributed by atoms with van der Waals surface area (Å²) in [5.41, 5.74) is 2.22. The third-order valence-corrected chi connectivity index (χ3v) is 2.90. The summed E-state index contributed by atoms with van der Waals surface area (Å²) in [7, 11) is 0. The van der Waals surface area contributed by atoms with Gasteiger partial charge >= 0.3 is 0 Å². The molecule has 5 nitrogen and oxygen atoms in total. The molecule has 0 atom stereocenters. The van der Waals surface area contributed by atoms with E-state index in [2.05, 4.69) is 32.4 Å². The van der Waals surface area contributed by atoms with Crippen molar-refractivity contribution in [2.45, 2.75) is 12.8 Å². The van der Waals surface area contributed by atoms with Crippen LogP contribution in [0.25, 0.3) is 5.69 Å². The molecule has 0 unspecified atom stereocenters. The molecule has 0 bridgehead atoms. The van der Waals surface area contributed by atoms with Gasteiger partial charge < -0.3 is 4.90 Å². The molecule has 0 aliphatic carbocycles. The highest BCUT2D eigenvalue weighted by Gasteiger charge is 2.11. The Labute approximate surface area is 93.7 Å². The van der Waals surface area contributed by atoms with E-state index in [4.69, 9.17) is 0 Å². The number of aromatic nitrogens is 4. The van der Waals surface area contributed by atoms with Crippen molar-refractivity contribution < 1.29 is 0 Å². The molecule has 1 aliphatic rings. The predicted molar refractivity (Wildman–Crippen MR) is 60.6 cm³/mol. The lowest BCUT2D eigenvalue weighted by atomic mass is 10.2. The largest absolute Gasteiger partial charge is 0.372 e. The van der Waals surface area contributed by atoms with Crippen molar-refractivity contribution in [1.82, 2.24) is 20.2 Å². The Bertz CT molecular complexity index is 442. The van der Waals surface area contributed by atoms with Crippen LogP contribution in [0, 0.1) is 0 Å². The third-order valence-electron chi connectivity index (χ3n) is 2.90. The van der Waals surface area contributed by atoms with Crippen LogP contribution >= 0.6 is 0 Å². The SMILES string of the molecule is c1nnn(-c2ccc(N3CCCC3)cc2)n1. The van der Waals surface area contributed by atoms with Crippen LogP contribution in [-0.2, 0) is 0 Å². The number of anilines is 1. The monoisotopic (exact) mass is 215 g/mol. The van der Waals surface area contributed by atoms with Crippen LogP contribution in [-0.4, -0.2) is 33.3 Å². The zero-order valence-corrected chi connectivity index (χ0v) is 8.95. The minimum atomic E-state index is 0.945. The second-order valence-electron chi connectivity index (χ2n) is 3.94. The molecule has 2 aromatic rings. The van der Waals surface area contributed by atoms with Crippen LogP contribution in [0.15, 0.2) is 30.6 Å². The molecule has 82 valence electrons. The van der Waals surface area contributed by atoms with Crippen molar-refractivity contribution in [3.8, 4) is 5.69 Å². The van der Waals surface area contributed by atoms with Crippen LogP contribution in [0.4, 0.5) is 5.69 Å². The first-order valence-corrected chi connectivity index (χ1v) is 5.52. The van der Waals surface area contributed by atoms with Crippen LogP contribution in [0.2, 0.25) is 0 Å². The van der Waals surface area contributed by atoms with E-state index in [0.717, 1.165) is 5.69 Å². The van der Waals surface area contributed by atoms with Gasteiger partial charge in [0.1, 0.15) is 0 Å². The van der Waals surface area contributed by atoms with Crippen LogP contribution in [0.1, 0.15) is 12.8 Å². The quantitative estimate of drug-likeness (QED) is 0.756. The molecular formula is C11H13N5. The van der Waals surface area contributed by atoms with Gasteiger partial charge in [-0.05, 0) is 42.3 Å². The Kier molecular flexibility index (Phi) is 2.29. The van der Waals surface area contributed by atoms with Crippen molar-refractivity contribution in [3.63, 3.8) is 0 Å². The maximum atomic E-state index is 3.99. The van der Waals surface area contributed by atoms with Gasteiger partial charge in [0.25, 0.3) is 0 Å². The second kappa shape index (κ2) is 3.92. The maximum absolute atomic E-state index is 3.99. The fourth-order valence-corrected chi connectivity index (χ4v) is 2.06. The van der Waals surface area contributed by atoms with E-state index in [0.29, 0.717) is 0 Å². The molecule has 3 rings (SSSR count). The summed E-state index contributed by atoms with van der Waals surface area (Å²) < 4.78 is 0. The molecule has 1 aromatic carbocycles. The predicted octanol–water partition coefficient (Wildman–Crippen LogP) is 1.26. The minimum absolute atomic E-state index is 0.945. The first-order chi connectivity index (χ1) is 7.93. The molecule has 1 aromatic heterocycles. The average Bonchev–Trinajstić information content (AvgIpc) is 3.03. The standard InChI is InChI=1S/C11H13N5/c1-2-8-15(7-1)10-3-5-11(6-4-10)16-13-9-12-14-16/h3-6,9H,1-2,7-8H2. The van der Waals surface area contributed by atoms with Gasteiger partial charge in [0.2, 0.25) is 0 Å². The lowest BCUT2D eigenvalue weighted by Crippen LogP contribution is -2.17. The fraction of sp³-hybridized carbons (Fsp3) is 0.364. The van der Waals surface area contributed by atoms with E-state index in [-0.39, 0.29) is 0 Å². The normalized spacial score (nSPS) is 15.6.